The lowest BCUT2D eigenvalue weighted by atomic mass is 9.95. The van der Waals surface area contributed by atoms with Crippen LogP contribution in [0.25, 0.3) is 0 Å². The first-order chi connectivity index (χ1) is 9.85. The first-order valence-corrected chi connectivity index (χ1v) is 7.80. The van der Waals surface area contributed by atoms with Gasteiger partial charge in [-0.05, 0) is 24.5 Å². The molecule has 1 saturated heterocycles. The predicted molar refractivity (Wildman–Crippen MR) is 88.6 cm³/mol. The summed E-state index contributed by atoms with van der Waals surface area (Å²) in [6.45, 7) is 15.7. The van der Waals surface area contributed by atoms with Gasteiger partial charge in [0.1, 0.15) is 0 Å². The third-order valence-electron chi connectivity index (χ3n) is 3.21. The molecule has 0 spiro atoms. The molecule has 0 aromatic carbocycles. The number of piperazine rings is 1. The van der Waals surface area contributed by atoms with Crippen molar-refractivity contribution in [1.29, 1.82) is 0 Å². The number of pyridine rings is 1. The Morgan fingerprint density at radius 2 is 1.86 bits per heavy atom. The van der Waals surface area contributed by atoms with Crippen molar-refractivity contribution in [2.45, 2.75) is 41.5 Å². The van der Waals surface area contributed by atoms with E-state index >= 15 is 0 Å². The summed E-state index contributed by atoms with van der Waals surface area (Å²) in [7, 11) is 0. The SMILES string of the molecule is CC.Cc1ccc(N2CCN(CC(C)(C)C)CC2=O)cn1. The number of rotatable bonds is 2. The molecule has 0 unspecified atom stereocenters. The van der Waals surface area contributed by atoms with Crippen molar-refractivity contribution in [2.75, 3.05) is 31.1 Å². The molecule has 1 aliphatic heterocycles. The molecule has 0 aliphatic carbocycles. The molecule has 4 heteroatoms. The predicted octanol–water partition coefficient (Wildman–Crippen LogP) is 3.11. The van der Waals surface area contributed by atoms with Crippen molar-refractivity contribution in [3.63, 3.8) is 0 Å². The third-order valence-corrected chi connectivity index (χ3v) is 3.21. The molecule has 0 N–H and O–H groups in total. The van der Waals surface area contributed by atoms with E-state index < -0.39 is 0 Å². The molecule has 2 heterocycles. The average molecular weight is 291 g/mol. The zero-order valence-electron chi connectivity index (χ0n) is 14.3. The van der Waals surface area contributed by atoms with Crippen molar-refractivity contribution in [2.24, 2.45) is 5.41 Å². The highest BCUT2D eigenvalue weighted by Crippen LogP contribution is 2.20. The van der Waals surface area contributed by atoms with Crippen LogP contribution >= 0.6 is 0 Å². The number of aryl methyl sites for hydroxylation is 1. The Hall–Kier alpha value is -1.42. The van der Waals surface area contributed by atoms with E-state index in [0.29, 0.717) is 6.54 Å². The standard InChI is InChI=1S/C15H23N3O.C2H6/c1-12-5-6-13(9-16-12)18-8-7-17(10-14(18)19)11-15(2,3)4;1-2/h5-6,9H,7-8,10-11H2,1-4H3;1-2H3. The monoisotopic (exact) mass is 291 g/mol. The van der Waals surface area contributed by atoms with Gasteiger partial charge < -0.3 is 4.90 Å². The second-order valence-corrected chi connectivity index (χ2v) is 6.47. The minimum Gasteiger partial charge on any atom is -0.308 e. The highest BCUT2D eigenvalue weighted by atomic mass is 16.2. The van der Waals surface area contributed by atoms with Crippen LogP contribution in [0.15, 0.2) is 18.3 Å². The number of hydrogen-bond acceptors (Lipinski definition) is 3. The molecule has 1 aromatic rings. The largest absolute Gasteiger partial charge is 0.308 e. The van der Waals surface area contributed by atoms with E-state index in [4.69, 9.17) is 0 Å². The summed E-state index contributed by atoms with van der Waals surface area (Å²) in [5.74, 6) is 0.168. The maximum atomic E-state index is 12.2. The van der Waals surface area contributed by atoms with Gasteiger partial charge in [0.05, 0.1) is 18.4 Å². The molecule has 1 amide bonds. The number of nitrogens with zero attached hydrogens (tertiary/aromatic N) is 3. The molecule has 1 fully saturated rings. The summed E-state index contributed by atoms with van der Waals surface area (Å²) in [5, 5.41) is 0. The third kappa shape index (κ3) is 5.46. The first kappa shape index (κ1) is 17.6. The minimum absolute atomic E-state index is 0.168. The van der Waals surface area contributed by atoms with Gasteiger partial charge in [0.25, 0.3) is 0 Å². The molecule has 4 nitrogen and oxygen atoms in total. The quantitative estimate of drug-likeness (QED) is 0.840. The molecule has 0 bridgehead atoms. The molecule has 1 aromatic heterocycles. The lowest BCUT2D eigenvalue weighted by molar-refractivity contribution is -0.121. The molecule has 118 valence electrons. The number of amides is 1. The first-order valence-electron chi connectivity index (χ1n) is 7.80. The van der Waals surface area contributed by atoms with Crippen LogP contribution in [0.3, 0.4) is 0 Å². The van der Waals surface area contributed by atoms with Gasteiger partial charge in [-0.25, -0.2) is 0 Å². The summed E-state index contributed by atoms with van der Waals surface area (Å²) in [6.07, 6.45) is 1.78. The van der Waals surface area contributed by atoms with Crippen LogP contribution in [0.5, 0.6) is 0 Å². The van der Waals surface area contributed by atoms with Gasteiger partial charge in [-0.1, -0.05) is 34.6 Å². The van der Waals surface area contributed by atoms with Crippen LogP contribution in [-0.2, 0) is 4.79 Å². The van der Waals surface area contributed by atoms with Crippen LogP contribution in [0.2, 0.25) is 0 Å². The Labute approximate surface area is 129 Å². The molecule has 0 saturated carbocycles. The highest BCUT2D eigenvalue weighted by Gasteiger charge is 2.27. The summed E-state index contributed by atoms with van der Waals surface area (Å²) in [4.78, 5) is 20.6. The van der Waals surface area contributed by atoms with Gasteiger partial charge >= 0.3 is 0 Å². The van der Waals surface area contributed by atoms with Crippen LogP contribution < -0.4 is 4.90 Å². The average Bonchev–Trinajstić information content (AvgIpc) is 2.41. The maximum absolute atomic E-state index is 12.2. The molecular weight excluding hydrogens is 262 g/mol. The van der Waals surface area contributed by atoms with E-state index in [1.165, 1.54) is 0 Å². The number of aromatic nitrogens is 1. The fourth-order valence-electron chi connectivity index (χ4n) is 2.42. The lowest BCUT2D eigenvalue weighted by Gasteiger charge is -2.37. The zero-order chi connectivity index (χ0) is 16.0. The summed E-state index contributed by atoms with van der Waals surface area (Å²) < 4.78 is 0. The number of hydrogen-bond donors (Lipinski definition) is 0. The van der Waals surface area contributed by atoms with Gasteiger partial charge in [0.15, 0.2) is 0 Å². The van der Waals surface area contributed by atoms with E-state index in [0.717, 1.165) is 31.0 Å². The van der Waals surface area contributed by atoms with E-state index in [2.05, 4.69) is 30.7 Å². The fourth-order valence-corrected chi connectivity index (χ4v) is 2.42. The van der Waals surface area contributed by atoms with Crippen molar-refractivity contribution >= 4 is 11.6 Å². The molecule has 1 aliphatic rings. The Kier molecular flexibility index (Phi) is 6.34. The minimum atomic E-state index is 0.168. The van der Waals surface area contributed by atoms with E-state index in [-0.39, 0.29) is 11.3 Å². The van der Waals surface area contributed by atoms with E-state index in [1.807, 2.05) is 37.8 Å². The molecular formula is C17H29N3O. The van der Waals surface area contributed by atoms with Gasteiger partial charge in [0.2, 0.25) is 5.91 Å². The summed E-state index contributed by atoms with van der Waals surface area (Å²) in [6, 6.07) is 3.92. The Balaban J connectivity index is 0.00000106. The Bertz CT molecular complexity index is 448. The highest BCUT2D eigenvalue weighted by molar-refractivity contribution is 5.95. The van der Waals surface area contributed by atoms with Crippen LogP contribution in [0.1, 0.15) is 40.3 Å². The Morgan fingerprint density at radius 1 is 1.19 bits per heavy atom. The van der Waals surface area contributed by atoms with Crippen LogP contribution in [0, 0.1) is 12.3 Å². The maximum Gasteiger partial charge on any atom is 0.241 e. The van der Waals surface area contributed by atoms with Crippen molar-refractivity contribution in [1.82, 2.24) is 9.88 Å². The topological polar surface area (TPSA) is 36.4 Å². The Morgan fingerprint density at radius 3 is 2.33 bits per heavy atom. The van der Waals surface area contributed by atoms with Crippen molar-refractivity contribution in [3.05, 3.63) is 24.0 Å². The van der Waals surface area contributed by atoms with E-state index in [9.17, 15) is 4.79 Å². The second kappa shape index (κ2) is 7.55. The van der Waals surface area contributed by atoms with Gasteiger partial charge in [-0.2, -0.15) is 0 Å². The van der Waals surface area contributed by atoms with Gasteiger partial charge in [-0.3, -0.25) is 14.7 Å². The summed E-state index contributed by atoms with van der Waals surface area (Å²) >= 11 is 0. The van der Waals surface area contributed by atoms with Crippen LogP contribution in [-0.4, -0.2) is 42.0 Å². The van der Waals surface area contributed by atoms with Crippen molar-refractivity contribution < 1.29 is 4.79 Å². The molecule has 0 radical (unpaired) electrons. The van der Waals surface area contributed by atoms with Crippen molar-refractivity contribution in [3.8, 4) is 0 Å². The number of carbonyl (C=O) groups excluding carboxylic acids is 1. The lowest BCUT2D eigenvalue weighted by Crippen LogP contribution is -2.52. The zero-order valence-corrected chi connectivity index (χ0v) is 14.3. The molecule has 2 rings (SSSR count). The normalized spacial score (nSPS) is 16.5. The smallest absolute Gasteiger partial charge is 0.241 e. The van der Waals surface area contributed by atoms with Gasteiger partial charge in [-0.15, -0.1) is 0 Å². The second-order valence-electron chi connectivity index (χ2n) is 6.47. The molecule has 21 heavy (non-hydrogen) atoms. The molecule has 0 atom stereocenters. The fraction of sp³-hybridized carbons (Fsp3) is 0.647. The summed E-state index contributed by atoms with van der Waals surface area (Å²) in [5.41, 5.74) is 2.11. The number of carbonyl (C=O) groups is 1. The van der Waals surface area contributed by atoms with Crippen LogP contribution in [0.4, 0.5) is 5.69 Å². The number of anilines is 1. The van der Waals surface area contributed by atoms with E-state index in [1.54, 1.807) is 6.20 Å². The van der Waals surface area contributed by atoms with Gasteiger partial charge in [0, 0.05) is 25.3 Å².